The number of aromatic nitrogens is 1. The van der Waals surface area contributed by atoms with E-state index in [0.717, 1.165) is 6.07 Å². The van der Waals surface area contributed by atoms with Crippen LogP contribution in [0.5, 0.6) is 11.5 Å². The first-order valence-electron chi connectivity index (χ1n) is 6.59. The van der Waals surface area contributed by atoms with Gasteiger partial charge < -0.3 is 9.47 Å². The fourth-order valence-electron chi connectivity index (χ4n) is 1.85. The Morgan fingerprint density at radius 3 is 2.58 bits per heavy atom. The second-order valence-corrected chi connectivity index (χ2v) is 4.91. The van der Waals surface area contributed by atoms with Crippen LogP contribution in [0.25, 0.3) is 0 Å². The molecule has 0 fully saturated rings. The van der Waals surface area contributed by atoms with Gasteiger partial charge in [-0.3, -0.25) is 5.43 Å². The van der Waals surface area contributed by atoms with E-state index < -0.39 is 11.7 Å². The Hall–Kier alpha value is -2.48. The summed E-state index contributed by atoms with van der Waals surface area (Å²) in [5.41, 5.74) is 2.16. The number of hydrogen-bond donors (Lipinski definition) is 1. The van der Waals surface area contributed by atoms with Gasteiger partial charge in [0.1, 0.15) is 0 Å². The summed E-state index contributed by atoms with van der Waals surface area (Å²) in [5, 5.41) is 3.71. The van der Waals surface area contributed by atoms with E-state index in [9.17, 15) is 13.2 Å². The van der Waals surface area contributed by atoms with Gasteiger partial charge in [0.15, 0.2) is 17.3 Å². The van der Waals surface area contributed by atoms with Gasteiger partial charge in [0.2, 0.25) is 0 Å². The molecule has 0 aliphatic heterocycles. The number of ether oxygens (including phenoxy) is 2. The molecule has 0 atom stereocenters. The van der Waals surface area contributed by atoms with E-state index in [-0.39, 0.29) is 10.8 Å². The lowest BCUT2D eigenvalue weighted by atomic mass is 10.2. The van der Waals surface area contributed by atoms with Gasteiger partial charge in [-0.2, -0.15) is 18.3 Å². The van der Waals surface area contributed by atoms with Crippen molar-refractivity contribution in [3.05, 3.63) is 46.6 Å². The van der Waals surface area contributed by atoms with Crippen molar-refractivity contribution in [1.82, 2.24) is 4.98 Å². The highest BCUT2D eigenvalue weighted by Gasteiger charge is 2.31. The zero-order valence-corrected chi connectivity index (χ0v) is 13.4. The lowest BCUT2D eigenvalue weighted by molar-refractivity contribution is -0.137. The average Bonchev–Trinajstić information content (AvgIpc) is 2.55. The minimum atomic E-state index is -4.51. The molecule has 0 saturated carbocycles. The third-order valence-electron chi connectivity index (χ3n) is 2.98. The first-order chi connectivity index (χ1) is 11.4. The van der Waals surface area contributed by atoms with Crippen LogP contribution < -0.4 is 14.9 Å². The Labute approximate surface area is 141 Å². The standard InChI is InChI=1S/C15H13ClF3N3O2/c1-23-12-5-3-4-9(13(12)24-2)7-21-22-14-11(16)6-10(8-20-14)15(17,18)19/h3-8H,1-2H3,(H,20,22)/b21-7-. The lowest BCUT2D eigenvalue weighted by Crippen LogP contribution is -2.06. The van der Waals surface area contributed by atoms with Gasteiger partial charge in [-0.05, 0) is 18.2 Å². The number of pyridine rings is 1. The van der Waals surface area contributed by atoms with Crippen LogP contribution in [-0.2, 0) is 6.18 Å². The van der Waals surface area contributed by atoms with Crippen molar-refractivity contribution in [2.75, 3.05) is 19.6 Å². The number of alkyl halides is 3. The van der Waals surface area contributed by atoms with Gasteiger partial charge >= 0.3 is 6.18 Å². The maximum atomic E-state index is 12.6. The number of methoxy groups -OCH3 is 2. The molecule has 1 N–H and O–H groups in total. The maximum Gasteiger partial charge on any atom is 0.417 e. The summed E-state index contributed by atoms with van der Waals surface area (Å²) in [7, 11) is 2.99. The van der Waals surface area contributed by atoms with Crippen LogP contribution in [0, 0.1) is 0 Å². The van der Waals surface area contributed by atoms with E-state index in [1.54, 1.807) is 18.2 Å². The fraction of sp³-hybridized carbons (Fsp3) is 0.200. The Morgan fingerprint density at radius 2 is 2.00 bits per heavy atom. The van der Waals surface area contributed by atoms with Gasteiger partial charge in [0, 0.05) is 11.8 Å². The van der Waals surface area contributed by atoms with Gasteiger partial charge in [-0.1, -0.05) is 17.7 Å². The first-order valence-corrected chi connectivity index (χ1v) is 6.97. The zero-order chi connectivity index (χ0) is 17.7. The summed E-state index contributed by atoms with van der Waals surface area (Å²) in [5.74, 6) is 0.993. The number of halogens is 4. The molecule has 0 saturated heterocycles. The van der Waals surface area contributed by atoms with E-state index in [1.165, 1.54) is 20.4 Å². The van der Waals surface area contributed by atoms with Gasteiger partial charge in [0.25, 0.3) is 0 Å². The zero-order valence-electron chi connectivity index (χ0n) is 12.7. The number of rotatable bonds is 5. The van der Waals surface area contributed by atoms with E-state index in [1.807, 2.05) is 0 Å². The third-order valence-corrected chi connectivity index (χ3v) is 3.26. The number of nitrogens with zero attached hydrogens (tertiary/aromatic N) is 2. The quantitative estimate of drug-likeness (QED) is 0.641. The number of benzene rings is 1. The topological polar surface area (TPSA) is 55.7 Å². The van der Waals surface area contributed by atoms with Crippen molar-refractivity contribution >= 4 is 23.6 Å². The molecule has 0 unspecified atom stereocenters. The summed E-state index contributed by atoms with van der Waals surface area (Å²) >= 11 is 5.78. The lowest BCUT2D eigenvalue weighted by Gasteiger charge is -2.10. The number of hydrogen-bond acceptors (Lipinski definition) is 5. The third kappa shape index (κ3) is 4.08. The van der Waals surface area contributed by atoms with E-state index >= 15 is 0 Å². The summed E-state index contributed by atoms with van der Waals surface area (Å²) in [6, 6.07) is 5.97. The number of nitrogens with one attached hydrogen (secondary N) is 1. The predicted molar refractivity (Wildman–Crippen MR) is 85.0 cm³/mol. The molecule has 24 heavy (non-hydrogen) atoms. The summed E-state index contributed by atoms with van der Waals surface area (Å²) in [6.45, 7) is 0. The Morgan fingerprint density at radius 1 is 1.25 bits per heavy atom. The van der Waals surface area contributed by atoms with Crippen molar-refractivity contribution in [1.29, 1.82) is 0 Å². The molecule has 5 nitrogen and oxygen atoms in total. The van der Waals surface area contributed by atoms with E-state index in [0.29, 0.717) is 23.3 Å². The molecule has 128 valence electrons. The van der Waals surface area contributed by atoms with Gasteiger partial charge in [-0.15, -0.1) is 0 Å². The fourth-order valence-corrected chi connectivity index (χ4v) is 2.06. The largest absolute Gasteiger partial charge is 0.493 e. The Balaban J connectivity index is 2.18. The predicted octanol–water partition coefficient (Wildman–Crippen LogP) is 4.22. The van der Waals surface area contributed by atoms with Crippen LogP contribution in [0.1, 0.15) is 11.1 Å². The molecule has 0 aliphatic rings. The molecule has 1 aromatic carbocycles. The molecule has 0 spiro atoms. The van der Waals surface area contributed by atoms with Crippen LogP contribution in [0.3, 0.4) is 0 Å². The van der Waals surface area contributed by atoms with Crippen molar-refractivity contribution in [2.24, 2.45) is 5.10 Å². The van der Waals surface area contributed by atoms with Crippen LogP contribution >= 0.6 is 11.6 Å². The minimum absolute atomic E-state index is 0.00257. The van der Waals surface area contributed by atoms with Crippen LogP contribution in [0.4, 0.5) is 19.0 Å². The maximum absolute atomic E-state index is 12.6. The van der Waals surface area contributed by atoms with E-state index in [2.05, 4.69) is 15.5 Å². The van der Waals surface area contributed by atoms with Crippen LogP contribution in [0.2, 0.25) is 5.02 Å². The van der Waals surface area contributed by atoms with Crippen LogP contribution in [0.15, 0.2) is 35.6 Å². The minimum Gasteiger partial charge on any atom is -0.493 e. The highest BCUT2D eigenvalue weighted by atomic mass is 35.5. The average molecular weight is 360 g/mol. The summed E-state index contributed by atoms with van der Waals surface area (Å²) in [6.07, 6.45) is -2.42. The second kappa shape index (κ2) is 7.39. The molecule has 1 aromatic heterocycles. The Bertz CT molecular complexity index is 751. The molecule has 2 rings (SSSR count). The normalized spacial score (nSPS) is 11.6. The Kier molecular flexibility index (Phi) is 5.50. The molecule has 0 amide bonds. The second-order valence-electron chi connectivity index (χ2n) is 4.50. The molecular formula is C15H13ClF3N3O2. The smallest absolute Gasteiger partial charge is 0.417 e. The summed E-state index contributed by atoms with van der Waals surface area (Å²) in [4.78, 5) is 3.62. The molecule has 9 heteroatoms. The number of anilines is 1. The molecule has 0 aliphatic carbocycles. The highest BCUT2D eigenvalue weighted by Crippen LogP contribution is 2.32. The molecule has 1 heterocycles. The molecule has 2 aromatic rings. The first kappa shape index (κ1) is 17.9. The number of para-hydroxylation sites is 1. The monoisotopic (exact) mass is 359 g/mol. The highest BCUT2D eigenvalue weighted by molar-refractivity contribution is 6.32. The van der Waals surface area contributed by atoms with Gasteiger partial charge in [0.05, 0.1) is 31.0 Å². The molecule has 0 radical (unpaired) electrons. The molecular weight excluding hydrogens is 347 g/mol. The van der Waals surface area contributed by atoms with Crippen molar-refractivity contribution in [3.63, 3.8) is 0 Å². The van der Waals surface area contributed by atoms with Crippen molar-refractivity contribution in [2.45, 2.75) is 6.18 Å². The van der Waals surface area contributed by atoms with E-state index in [4.69, 9.17) is 21.1 Å². The van der Waals surface area contributed by atoms with Crippen molar-refractivity contribution in [3.8, 4) is 11.5 Å². The van der Waals surface area contributed by atoms with Crippen molar-refractivity contribution < 1.29 is 22.6 Å². The summed E-state index contributed by atoms with van der Waals surface area (Å²) < 4.78 is 48.1. The molecule has 0 bridgehead atoms. The number of hydrazone groups is 1. The van der Waals surface area contributed by atoms with Gasteiger partial charge in [-0.25, -0.2) is 4.98 Å². The SMILES string of the molecule is COc1cccc(/C=N\Nc2ncc(C(F)(F)F)cc2Cl)c1OC. The van der Waals surface area contributed by atoms with Crippen LogP contribution in [-0.4, -0.2) is 25.4 Å².